The van der Waals surface area contributed by atoms with Gasteiger partial charge in [0.05, 0.1) is 6.20 Å². The second-order valence-electron chi connectivity index (χ2n) is 7.25. The van der Waals surface area contributed by atoms with E-state index < -0.39 is 17.2 Å². The van der Waals surface area contributed by atoms with Crippen LogP contribution >= 0.6 is 0 Å². The minimum atomic E-state index is -0.569. The van der Waals surface area contributed by atoms with E-state index in [0.717, 1.165) is 17.4 Å². The number of nitrogens with one attached hydrogen (secondary N) is 2. The van der Waals surface area contributed by atoms with Gasteiger partial charge in [-0.1, -0.05) is 0 Å². The molecule has 0 bridgehead atoms. The summed E-state index contributed by atoms with van der Waals surface area (Å²) in [5.41, 5.74) is -0.564. The van der Waals surface area contributed by atoms with Crippen molar-refractivity contribution < 1.29 is 14.7 Å². The number of fused-ring (bicyclic) bond motifs is 1. The van der Waals surface area contributed by atoms with Crippen LogP contribution in [0, 0.1) is 0 Å². The van der Waals surface area contributed by atoms with Crippen LogP contribution in [0.4, 0.5) is 0 Å². The van der Waals surface area contributed by atoms with Gasteiger partial charge in [0.25, 0.3) is 17.4 Å². The lowest BCUT2D eigenvalue weighted by Crippen LogP contribution is -2.38. The molecule has 0 saturated heterocycles. The Balaban J connectivity index is 1.44. The fourth-order valence-corrected chi connectivity index (χ4v) is 3.07. The van der Waals surface area contributed by atoms with Crippen LogP contribution in [-0.4, -0.2) is 49.1 Å². The summed E-state index contributed by atoms with van der Waals surface area (Å²) in [5.74, 6) is -0.558. The van der Waals surface area contributed by atoms with Gasteiger partial charge in [-0.2, -0.15) is 0 Å². The maximum atomic E-state index is 12.3. The lowest BCUT2D eigenvalue weighted by molar-refractivity contribution is 0.0944. The predicted octanol–water partition coefficient (Wildman–Crippen LogP) is 0.0629. The molecule has 3 rings (SSSR count). The zero-order chi connectivity index (χ0) is 23.3. The summed E-state index contributed by atoms with van der Waals surface area (Å²) in [5, 5.41) is 14.8. The molecule has 2 aromatic heterocycles. The molecule has 168 valence electrons. The first-order valence-corrected chi connectivity index (χ1v) is 10.1. The van der Waals surface area contributed by atoms with Crippen LogP contribution in [0.15, 0.2) is 40.1 Å². The van der Waals surface area contributed by atoms with Gasteiger partial charge in [0, 0.05) is 32.7 Å². The van der Waals surface area contributed by atoms with Crippen LogP contribution in [0.25, 0.3) is 11.2 Å². The van der Waals surface area contributed by atoms with E-state index in [9.17, 15) is 24.3 Å². The van der Waals surface area contributed by atoms with Gasteiger partial charge in [0.15, 0.2) is 11.2 Å². The molecular weight excluding hydrogens is 416 g/mol. The molecule has 11 nitrogen and oxygen atoms in total. The molecule has 2 heterocycles. The molecule has 0 fully saturated rings. The van der Waals surface area contributed by atoms with Crippen molar-refractivity contribution in [2.45, 2.75) is 19.3 Å². The summed E-state index contributed by atoms with van der Waals surface area (Å²) in [4.78, 5) is 56.6. The number of aromatic nitrogens is 4. The first-order valence-electron chi connectivity index (χ1n) is 10.1. The van der Waals surface area contributed by atoms with E-state index in [0.29, 0.717) is 25.1 Å². The number of hydrogen-bond acceptors (Lipinski definition) is 7. The predicted molar refractivity (Wildman–Crippen MR) is 117 cm³/mol. The average Bonchev–Trinajstić information content (AvgIpc) is 2.80. The topological polar surface area (TPSA) is 148 Å². The third kappa shape index (κ3) is 4.99. The molecule has 0 spiro atoms. The molecule has 0 radical (unpaired) electrons. The minimum absolute atomic E-state index is 0.0144. The molecule has 0 atom stereocenters. The van der Waals surface area contributed by atoms with Gasteiger partial charge in [0.1, 0.15) is 11.4 Å². The molecule has 2 amide bonds. The molecular formula is C21H24N6O5. The van der Waals surface area contributed by atoms with Crippen LogP contribution in [-0.2, 0) is 14.1 Å². The van der Waals surface area contributed by atoms with Crippen molar-refractivity contribution in [3.8, 4) is 5.75 Å². The van der Waals surface area contributed by atoms with E-state index in [1.165, 1.54) is 37.0 Å². The summed E-state index contributed by atoms with van der Waals surface area (Å²) in [6.07, 6.45) is 3.42. The SMILES string of the molecule is Cn1c(=O)c2ncc(C(=O)NCCCCCNC(=O)c3ccc(O)cc3)nc2n(C)c1=O. The number of amides is 2. The third-order valence-electron chi connectivity index (χ3n) is 4.94. The van der Waals surface area contributed by atoms with Crippen LogP contribution in [0.5, 0.6) is 5.75 Å². The second-order valence-corrected chi connectivity index (χ2v) is 7.25. The van der Waals surface area contributed by atoms with Crippen LogP contribution in [0.1, 0.15) is 40.1 Å². The molecule has 0 aliphatic carbocycles. The summed E-state index contributed by atoms with van der Waals surface area (Å²) < 4.78 is 2.11. The molecule has 3 N–H and O–H groups in total. The van der Waals surface area contributed by atoms with E-state index in [2.05, 4.69) is 20.6 Å². The maximum Gasteiger partial charge on any atom is 0.332 e. The standard InChI is InChI=1S/C21H24N6O5/c1-26-17-16(20(31)27(2)21(26)32)24-12-15(25-17)19(30)23-11-5-3-4-10-22-18(29)13-6-8-14(28)9-7-13/h6-9,12,28H,3-5,10-11H2,1-2H3,(H,22,29)(H,23,30). The molecule has 0 aliphatic rings. The van der Waals surface area contributed by atoms with Crippen molar-refractivity contribution in [3.63, 3.8) is 0 Å². The number of phenolic OH excluding ortho intramolecular Hbond substituents is 1. The zero-order valence-electron chi connectivity index (χ0n) is 17.8. The minimum Gasteiger partial charge on any atom is -0.508 e. The second kappa shape index (κ2) is 9.86. The number of benzene rings is 1. The number of phenols is 1. The third-order valence-corrected chi connectivity index (χ3v) is 4.94. The number of rotatable bonds is 8. The highest BCUT2D eigenvalue weighted by Crippen LogP contribution is 2.09. The molecule has 11 heteroatoms. The smallest absolute Gasteiger partial charge is 0.332 e. The van der Waals surface area contributed by atoms with Crippen LogP contribution < -0.4 is 21.9 Å². The van der Waals surface area contributed by atoms with Gasteiger partial charge < -0.3 is 15.7 Å². The Bertz CT molecular complexity index is 1260. The Hall–Kier alpha value is -4.02. The Morgan fingerprint density at radius 3 is 2.22 bits per heavy atom. The van der Waals surface area contributed by atoms with Crippen LogP contribution in [0.2, 0.25) is 0 Å². The molecule has 0 aliphatic heterocycles. The van der Waals surface area contributed by atoms with Crippen molar-refractivity contribution >= 4 is 23.0 Å². The lowest BCUT2D eigenvalue weighted by atomic mass is 10.2. The monoisotopic (exact) mass is 440 g/mol. The Labute approximate surface area is 182 Å². The highest BCUT2D eigenvalue weighted by Gasteiger charge is 2.14. The van der Waals surface area contributed by atoms with Gasteiger partial charge in [-0.05, 0) is 43.5 Å². The largest absolute Gasteiger partial charge is 0.508 e. The Morgan fingerprint density at radius 1 is 0.938 bits per heavy atom. The number of hydrogen-bond donors (Lipinski definition) is 3. The molecule has 0 saturated carbocycles. The molecule has 0 unspecified atom stereocenters. The summed E-state index contributed by atoms with van der Waals surface area (Å²) >= 11 is 0. The zero-order valence-corrected chi connectivity index (χ0v) is 17.8. The van der Waals surface area contributed by atoms with Crippen molar-refractivity contribution in [3.05, 3.63) is 62.6 Å². The quantitative estimate of drug-likeness (QED) is 0.420. The highest BCUT2D eigenvalue weighted by molar-refractivity contribution is 5.94. The average molecular weight is 440 g/mol. The molecule has 1 aromatic carbocycles. The fourth-order valence-electron chi connectivity index (χ4n) is 3.07. The summed E-state index contributed by atoms with van der Waals surface area (Å²) in [6.45, 7) is 0.896. The number of aryl methyl sites for hydroxylation is 1. The van der Waals surface area contributed by atoms with Gasteiger partial charge in [-0.25, -0.2) is 14.8 Å². The van der Waals surface area contributed by atoms with Crippen molar-refractivity contribution in [2.24, 2.45) is 14.1 Å². The van der Waals surface area contributed by atoms with Crippen molar-refractivity contribution in [2.75, 3.05) is 13.1 Å². The summed E-state index contributed by atoms with van der Waals surface area (Å²) in [6, 6.07) is 6.00. The van der Waals surface area contributed by atoms with E-state index in [1.54, 1.807) is 12.1 Å². The number of unbranched alkanes of at least 4 members (excludes halogenated alkanes) is 2. The van der Waals surface area contributed by atoms with Gasteiger partial charge >= 0.3 is 5.69 Å². The number of carbonyl (C=O) groups excluding carboxylic acids is 2. The lowest BCUT2D eigenvalue weighted by Gasteiger charge is -2.08. The normalized spacial score (nSPS) is 10.8. The van der Waals surface area contributed by atoms with Crippen molar-refractivity contribution in [1.29, 1.82) is 0 Å². The van der Waals surface area contributed by atoms with Crippen LogP contribution in [0.3, 0.4) is 0 Å². The van der Waals surface area contributed by atoms with Crippen molar-refractivity contribution in [1.82, 2.24) is 29.7 Å². The molecule has 32 heavy (non-hydrogen) atoms. The Morgan fingerprint density at radius 2 is 1.56 bits per heavy atom. The first-order chi connectivity index (χ1) is 15.3. The highest BCUT2D eigenvalue weighted by atomic mass is 16.3. The summed E-state index contributed by atoms with van der Waals surface area (Å²) in [7, 11) is 2.81. The van der Waals surface area contributed by atoms with E-state index in [1.807, 2.05) is 0 Å². The first kappa shape index (κ1) is 22.7. The van der Waals surface area contributed by atoms with E-state index >= 15 is 0 Å². The number of carbonyl (C=O) groups is 2. The maximum absolute atomic E-state index is 12.3. The fraction of sp³-hybridized carbons (Fsp3) is 0.333. The number of nitrogens with zero attached hydrogens (tertiary/aromatic N) is 4. The van der Waals surface area contributed by atoms with Gasteiger partial charge in [-0.3, -0.25) is 23.5 Å². The van der Waals surface area contributed by atoms with E-state index in [-0.39, 0.29) is 28.5 Å². The molecule has 3 aromatic rings. The van der Waals surface area contributed by atoms with Gasteiger partial charge in [0.2, 0.25) is 0 Å². The Kier molecular flexibility index (Phi) is 6.98. The van der Waals surface area contributed by atoms with Gasteiger partial charge in [-0.15, -0.1) is 0 Å². The number of aromatic hydroxyl groups is 1. The van der Waals surface area contributed by atoms with E-state index in [4.69, 9.17) is 0 Å².